The maximum atomic E-state index is 5.93. The molecular formula is C16H24N2O. The molecular weight excluding hydrogens is 236 g/mol. The van der Waals surface area contributed by atoms with Crippen LogP contribution in [-0.4, -0.2) is 18.7 Å². The van der Waals surface area contributed by atoms with Crippen LogP contribution in [0.4, 0.5) is 0 Å². The van der Waals surface area contributed by atoms with Gasteiger partial charge in [0.15, 0.2) is 0 Å². The minimum Gasteiger partial charge on any atom is -0.489 e. The third kappa shape index (κ3) is 4.37. The molecule has 0 bridgehead atoms. The van der Waals surface area contributed by atoms with E-state index < -0.39 is 0 Å². The number of rotatable bonds is 6. The molecule has 2 rings (SSSR count). The standard InChI is InChI=1S/C16H24N2O/c1-2-11-19-16-6-4-3-5-13(16)12-18-15-9-7-14(17)8-10-15/h2-6,14-15,18H,1,7-12,17H2. The molecule has 1 fully saturated rings. The van der Waals surface area contributed by atoms with Crippen LogP contribution in [0.2, 0.25) is 0 Å². The van der Waals surface area contributed by atoms with Gasteiger partial charge >= 0.3 is 0 Å². The fraction of sp³-hybridized carbons (Fsp3) is 0.500. The molecule has 0 aliphatic heterocycles. The Kier molecular flexibility index (Phi) is 5.43. The van der Waals surface area contributed by atoms with Crippen molar-refractivity contribution in [3.8, 4) is 5.75 Å². The average Bonchev–Trinajstić information content (AvgIpc) is 2.45. The van der Waals surface area contributed by atoms with Crippen LogP contribution in [0.5, 0.6) is 5.75 Å². The summed E-state index contributed by atoms with van der Waals surface area (Å²) >= 11 is 0. The number of hydrogen-bond acceptors (Lipinski definition) is 3. The van der Waals surface area contributed by atoms with Gasteiger partial charge in [0.1, 0.15) is 12.4 Å². The summed E-state index contributed by atoms with van der Waals surface area (Å²) in [6, 6.07) is 9.17. The molecule has 0 spiro atoms. The van der Waals surface area contributed by atoms with Crippen molar-refractivity contribution in [1.82, 2.24) is 5.32 Å². The van der Waals surface area contributed by atoms with E-state index >= 15 is 0 Å². The van der Waals surface area contributed by atoms with E-state index in [0.29, 0.717) is 18.7 Å². The second-order valence-electron chi connectivity index (χ2n) is 5.20. The van der Waals surface area contributed by atoms with E-state index in [1.807, 2.05) is 12.1 Å². The minimum atomic E-state index is 0.404. The Hall–Kier alpha value is -1.32. The van der Waals surface area contributed by atoms with E-state index in [-0.39, 0.29) is 0 Å². The summed E-state index contributed by atoms with van der Waals surface area (Å²) in [6.07, 6.45) is 6.39. The van der Waals surface area contributed by atoms with Gasteiger partial charge in [-0.1, -0.05) is 30.9 Å². The number of nitrogens with two attached hydrogens (primary N) is 1. The van der Waals surface area contributed by atoms with Gasteiger partial charge in [0, 0.05) is 24.2 Å². The third-order valence-corrected chi connectivity index (χ3v) is 3.68. The van der Waals surface area contributed by atoms with E-state index in [2.05, 4.69) is 24.0 Å². The van der Waals surface area contributed by atoms with Gasteiger partial charge in [-0.05, 0) is 31.7 Å². The first-order chi connectivity index (χ1) is 9.29. The van der Waals surface area contributed by atoms with Crippen molar-refractivity contribution in [3.63, 3.8) is 0 Å². The summed E-state index contributed by atoms with van der Waals surface area (Å²) in [7, 11) is 0. The normalized spacial score (nSPS) is 23.0. The predicted molar refractivity (Wildman–Crippen MR) is 79.2 cm³/mol. The predicted octanol–water partition coefficient (Wildman–Crippen LogP) is 2.61. The molecule has 1 aliphatic carbocycles. The molecule has 0 heterocycles. The van der Waals surface area contributed by atoms with Crippen LogP contribution in [0.3, 0.4) is 0 Å². The van der Waals surface area contributed by atoms with Crippen molar-refractivity contribution in [2.24, 2.45) is 5.73 Å². The molecule has 3 heteroatoms. The van der Waals surface area contributed by atoms with Crippen LogP contribution in [0.1, 0.15) is 31.2 Å². The molecule has 19 heavy (non-hydrogen) atoms. The average molecular weight is 260 g/mol. The highest BCUT2D eigenvalue weighted by Crippen LogP contribution is 2.20. The van der Waals surface area contributed by atoms with Crippen molar-refractivity contribution in [2.45, 2.75) is 44.3 Å². The highest BCUT2D eigenvalue weighted by Gasteiger charge is 2.18. The number of benzene rings is 1. The Morgan fingerprint density at radius 2 is 2.00 bits per heavy atom. The summed E-state index contributed by atoms with van der Waals surface area (Å²) in [5.41, 5.74) is 7.13. The lowest BCUT2D eigenvalue weighted by Gasteiger charge is -2.27. The van der Waals surface area contributed by atoms with Crippen LogP contribution in [0.25, 0.3) is 0 Å². The lowest BCUT2D eigenvalue weighted by Crippen LogP contribution is -2.37. The van der Waals surface area contributed by atoms with Gasteiger partial charge in [0.2, 0.25) is 0 Å². The monoisotopic (exact) mass is 260 g/mol. The molecule has 0 aromatic heterocycles. The van der Waals surface area contributed by atoms with Gasteiger partial charge in [0.25, 0.3) is 0 Å². The highest BCUT2D eigenvalue weighted by molar-refractivity contribution is 5.33. The third-order valence-electron chi connectivity index (χ3n) is 3.68. The summed E-state index contributed by atoms with van der Waals surface area (Å²) < 4.78 is 5.67. The SMILES string of the molecule is C=CCOc1ccccc1CNC1CCC(N)CC1. The molecule has 0 unspecified atom stereocenters. The Labute approximate surface area is 115 Å². The van der Waals surface area contributed by atoms with Crippen molar-refractivity contribution in [1.29, 1.82) is 0 Å². The zero-order valence-electron chi connectivity index (χ0n) is 11.5. The van der Waals surface area contributed by atoms with Crippen LogP contribution < -0.4 is 15.8 Å². The molecule has 3 N–H and O–H groups in total. The minimum absolute atomic E-state index is 0.404. The summed E-state index contributed by atoms with van der Waals surface area (Å²) in [5, 5.41) is 3.61. The number of ether oxygens (including phenoxy) is 1. The molecule has 1 saturated carbocycles. The van der Waals surface area contributed by atoms with Crippen LogP contribution in [0, 0.1) is 0 Å². The molecule has 0 atom stereocenters. The Bertz CT molecular complexity index is 397. The van der Waals surface area contributed by atoms with Crippen LogP contribution in [0.15, 0.2) is 36.9 Å². The Morgan fingerprint density at radius 1 is 1.26 bits per heavy atom. The summed E-state index contributed by atoms with van der Waals surface area (Å²) in [5.74, 6) is 0.947. The van der Waals surface area contributed by atoms with Gasteiger partial charge in [-0.15, -0.1) is 0 Å². The fourth-order valence-corrected chi connectivity index (χ4v) is 2.52. The zero-order chi connectivity index (χ0) is 13.5. The topological polar surface area (TPSA) is 47.3 Å². The smallest absolute Gasteiger partial charge is 0.124 e. The first-order valence-corrected chi connectivity index (χ1v) is 7.10. The van der Waals surface area contributed by atoms with Gasteiger partial charge < -0.3 is 15.8 Å². The van der Waals surface area contributed by atoms with E-state index in [1.165, 1.54) is 18.4 Å². The van der Waals surface area contributed by atoms with Crippen molar-refractivity contribution in [2.75, 3.05) is 6.61 Å². The van der Waals surface area contributed by atoms with Crippen LogP contribution >= 0.6 is 0 Å². The molecule has 0 saturated heterocycles. The number of para-hydroxylation sites is 1. The van der Waals surface area contributed by atoms with E-state index in [4.69, 9.17) is 10.5 Å². The fourth-order valence-electron chi connectivity index (χ4n) is 2.52. The van der Waals surface area contributed by atoms with E-state index in [1.54, 1.807) is 6.08 Å². The largest absolute Gasteiger partial charge is 0.489 e. The molecule has 0 radical (unpaired) electrons. The number of hydrogen-bond donors (Lipinski definition) is 2. The molecule has 3 nitrogen and oxygen atoms in total. The van der Waals surface area contributed by atoms with Gasteiger partial charge in [-0.25, -0.2) is 0 Å². The van der Waals surface area contributed by atoms with E-state index in [0.717, 1.165) is 25.1 Å². The van der Waals surface area contributed by atoms with Crippen molar-refractivity contribution in [3.05, 3.63) is 42.5 Å². The lowest BCUT2D eigenvalue weighted by atomic mass is 9.92. The second kappa shape index (κ2) is 7.31. The van der Waals surface area contributed by atoms with Gasteiger partial charge in [-0.2, -0.15) is 0 Å². The quantitative estimate of drug-likeness (QED) is 0.773. The molecule has 1 aromatic rings. The summed E-state index contributed by atoms with van der Waals surface area (Å²) in [4.78, 5) is 0. The van der Waals surface area contributed by atoms with Gasteiger partial charge in [0.05, 0.1) is 0 Å². The van der Waals surface area contributed by atoms with Crippen molar-refractivity contribution >= 4 is 0 Å². The summed E-state index contributed by atoms with van der Waals surface area (Å²) in [6.45, 7) is 5.08. The molecule has 1 aromatic carbocycles. The first kappa shape index (κ1) is 14.1. The van der Waals surface area contributed by atoms with Gasteiger partial charge in [-0.3, -0.25) is 0 Å². The second-order valence-corrected chi connectivity index (χ2v) is 5.20. The molecule has 1 aliphatic rings. The zero-order valence-corrected chi connectivity index (χ0v) is 11.5. The lowest BCUT2D eigenvalue weighted by molar-refractivity contribution is 0.333. The Balaban J connectivity index is 1.86. The highest BCUT2D eigenvalue weighted by atomic mass is 16.5. The Morgan fingerprint density at radius 3 is 2.74 bits per heavy atom. The maximum absolute atomic E-state index is 5.93. The van der Waals surface area contributed by atoms with E-state index in [9.17, 15) is 0 Å². The van der Waals surface area contributed by atoms with Crippen LogP contribution in [-0.2, 0) is 6.54 Å². The maximum Gasteiger partial charge on any atom is 0.124 e. The van der Waals surface area contributed by atoms with Crippen molar-refractivity contribution < 1.29 is 4.74 Å². The molecule has 0 amide bonds. The molecule has 104 valence electrons. The first-order valence-electron chi connectivity index (χ1n) is 7.10. The number of nitrogens with one attached hydrogen (secondary N) is 1.